The second-order valence-electron chi connectivity index (χ2n) is 4.31. The Balaban J connectivity index is 2.14. The van der Waals surface area contributed by atoms with Gasteiger partial charge in [-0.05, 0) is 31.2 Å². The van der Waals surface area contributed by atoms with Gasteiger partial charge >= 0.3 is 0 Å². The van der Waals surface area contributed by atoms with Gasteiger partial charge in [0.25, 0.3) is 10.1 Å². The van der Waals surface area contributed by atoms with E-state index in [1.165, 1.54) is 25.7 Å². The fourth-order valence-electron chi connectivity index (χ4n) is 1.93. The fourth-order valence-corrected chi connectivity index (χ4v) is 2.30. The second kappa shape index (κ2) is 5.09. The third-order valence-corrected chi connectivity index (χ3v) is 3.42. The Morgan fingerprint density at radius 3 is 2.36 bits per heavy atom. The van der Waals surface area contributed by atoms with E-state index in [4.69, 9.17) is 4.55 Å². The van der Waals surface area contributed by atoms with Crippen molar-refractivity contribution in [3.05, 3.63) is 0 Å². The minimum atomic E-state index is -3.85. The molecule has 0 heterocycles. The summed E-state index contributed by atoms with van der Waals surface area (Å²) in [6, 6.07) is 0. The van der Waals surface area contributed by atoms with Crippen molar-refractivity contribution in [2.45, 2.75) is 32.6 Å². The molecule has 0 atom stereocenters. The van der Waals surface area contributed by atoms with Gasteiger partial charge in [-0.25, -0.2) is 0 Å². The van der Waals surface area contributed by atoms with E-state index in [1.54, 1.807) is 0 Å². The van der Waals surface area contributed by atoms with Crippen LogP contribution in [0.3, 0.4) is 0 Å². The van der Waals surface area contributed by atoms with E-state index in [0.717, 1.165) is 5.92 Å². The molecule has 84 valence electrons. The number of nitrogens with one attached hydrogen (secondary N) is 1. The van der Waals surface area contributed by atoms with Crippen LogP contribution < -0.4 is 5.32 Å². The van der Waals surface area contributed by atoms with Crippen LogP contribution in [0.5, 0.6) is 0 Å². The summed E-state index contributed by atoms with van der Waals surface area (Å²) in [5.74, 6) is 1.07. The summed E-state index contributed by atoms with van der Waals surface area (Å²) in [5, 5.41) is 2.77. The molecule has 0 amide bonds. The molecule has 1 aliphatic rings. The summed E-state index contributed by atoms with van der Waals surface area (Å²) >= 11 is 0. The van der Waals surface area contributed by atoms with Gasteiger partial charge in [0.1, 0.15) is 5.88 Å². The minimum absolute atomic E-state index is 0.320. The molecular formula is C9H19NO3S. The van der Waals surface area contributed by atoms with Crippen molar-refractivity contribution < 1.29 is 13.0 Å². The number of hydrogen-bond acceptors (Lipinski definition) is 3. The fraction of sp³-hybridized carbons (Fsp3) is 1.00. The SMILES string of the molecule is CC1CCC(CNCS(=O)(=O)O)CC1. The van der Waals surface area contributed by atoms with E-state index in [-0.39, 0.29) is 5.88 Å². The van der Waals surface area contributed by atoms with E-state index < -0.39 is 10.1 Å². The summed E-state index contributed by atoms with van der Waals surface area (Å²) in [6.07, 6.45) is 4.80. The summed E-state index contributed by atoms with van der Waals surface area (Å²) in [6.45, 7) is 2.95. The van der Waals surface area contributed by atoms with Crippen LogP contribution in [0.1, 0.15) is 32.6 Å². The predicted molar refractivity (Wildman–Crippen MR) is 55.5 cm³/mol. The lowest BCUT2D eigenvalue weighted by molar-refractivity contribution is 0.284. The van der Waals surface area contributed by atoms with Crippen LogP contribution in [0.4, 0.5) is 0 Å². The van der Waals surface area contributed by atoms with Gasteiger partial charge in [0, 0.05) is 0 Å². The molecule has 2 N–H and O–H groups in total. The van der Waals surface area contributed by atoms with Crippen molar-refractivity contribution >= 4 is 10.1 Å². The third kappa shape index (κ3) is 4.93. The highest BCUT2D eigenvalue weighted by Gasteiger charge is 2.18. The zero-order chi connectivity index (χ0) is 10.6. The molecular weight excluding hydrogens is 202 g/mol. The molecule has 0 unspecified atom stereocenters. The molecule has 5 heteroatoms. The second-order valence-corrected chi connectivity index (χ2v) is 5.76. The highest BCUT2D eigenvalue weighted by Crippen LogP contribution is 2.27. The lowest BCUT2D eigenvalue weighted by atomic mass is 9.83. The quantitative estimate of drug-likeness (QED) is 0.701. The molecule has 1 aliphatic carbocycles. The zero-order valence-corrected chi connectivity index (χ0v) is 9.39. The first-order valence-electron chi connectivity index (χ1n) is 5.13. The van der Waals surface area contributed by atoms with E-state index in [1.807, 2.05) is 0 Å². The van der Waals surface area contributed by atoms with Gasteiger partial charge in [-0.1, -0.05) is 19.8 Å². The molecule has 0 bridgehead atoms. The molecule has 0 aromatic carbocycles. The minimum Gasteiger partial charge on any atom is -0.301 e. The van der Waals surface area contributed by atoms with Crippen LogP contribution in [0.25, 0.3) is 0 Å². The van der Waals surface area contributed by atoms with Crippen molar-refractivity contribution in [3.63, 3.8) is 0 Å². The number of rotatable bonds is 4. The largest absolute Gasteiger partial charge is 0.301 e. The molecule has 0 spiro atoms. The molecule has 1 rings (SSSR count). The summed E-state index contributed by atoms with van der Waals surface area (Å²) in [4.78, 5) is 0. The summed E-state index contributed by atoms with van der Waals surface area (Å²) < 4.78 is 29.3. The Morgan fingerprint density at radius 2 is 1.86 bits per heavy atom. The van der Waals surface area contributed by atoms with Crippen LogP contribution in [0, 0.1) is 11.8 Å². The van der Waals surface area contributed by atoms with Crippen molar-refractivity contribution in [3.8, 4) is 0 Å². The highest BCUT2D eigenvalue weighted by atomic mass is 32.2. The van der Waals surface area contributed by atoms with Crippen molar-refractivity contribution in [2.75, 3.05) is 12.4 Å². The first-order chi connectivity index (χ1) is 6.47. The molecule has 1 saturated carbocycles. The molecule has 4 nitrogen and oxygen atoms in total. The lowest BCUT2D eigenvalue weighted by Crippen LogP contribution is -2.30. The van der Waals surface area contributed by atoms with Gasteiger partial charge < -0.3 is 5.32 Å². The van der Waals surface area contributed by atoms with Crippen LogP contribution in [-0.4, -0.2) is 25.4 Å². The van der Waals surface area contributed by atoms with Crippen molar-refractivity contribution in [2.24, 2.45) is 11.8 Å². The summed E-state index contributed by atoms with van der Waals surface area (Å²) in [5.41, 5.74) is 0. The Morgan fingerprint density at radius 1 is 1.29 bits per heavy atom. The Hall–Kier alpha value is -0.130. The predicted octanol–water partition coefficient (Wildman–Crippen LogP) is 1.25. The topological polar surface area (TPSA) is 66.4 Å². The average molecular weight is 221 g/mol. The maximum atomic E-state index is 10.4. The third-order valence-electron chi connectivity index (χ3n) is 2.85. The first kappa shape index (κ1) is 11.9. The van der Waals surface area contributed by atoms with Crippen molar-refractivity contribution in [1.82, 2.24) is 5.32 Å². The normalized spacial score (nSPS) is 29.0. The molecule has 0 saturated heterocycles. The monoisotopic (exact) mass is 221 g/mol. The Kier molecular flexibility index (Phi) is 4.34. The molecule has 0 aliphatic heterocycles. The van der Waals surface area contributed by atoms with Crippen LogP contribution >= 0.6 is 0 Å². The standard InChI is InChI=1S/C9H19NO3S/c1-8-2-4-9(5-3-8)6-10-7-14(11,12)13/h8-10H,2-7H2,1H3,(H,11,12,13). The number of hydrogen-bond donors (Lipinski definition) is 2. The summed E-state index contributed by atoms with van der Waals surface area (Å²) in [7, 11) is -3.85. The molecule has 0 radical (unpaired) electrons. The highest BCUT2D eigenvalue weighted by molar-refractivity contribution is 7.85. The van der Waals surface area contributed by atoms with Crippen molar-refractivity contribution in [1.29, 1.82) is 0 Å². The van der Waals surface area contributed by atoms with Crippen LogP contribution in [-0.2, 0) is 10.1 Å². The van der Waals surface area contributed by atoms with Gasteiger partial charge in [-0.3, -0.25) is 4.55 Å². The smallest absolute Gasteiger partial charge is 0.278 e. The maximum Gasteiger partial charge on any atom is 0.278 e. The average Bonchev–Trinajstić information content (AvgIpc) is 2.06. The van der Waals surface area contributed by atoms with E-state index in [2.05, 4.69) is 12.2 Å². The van der Waals surface area contributed by atoms with E-state index >= 15 is 0 Å². The van der Waals surface area contributed by atoms with Gasteiger partial charge in [0.15, 0.2) is 0 Å². The Bertz CT molecular complexity index is 255. The van der Waals surface area contributed by atoms with Crippen LogP contribution in [0.15, 0.2) is 0 Å². The van der Waals surface area contributed by atoms with Gasteiger partial charge in [-0.15, -0.1) is 0 Å². The zero-order valence-electron chi connectivity index (χ0n) is 8.57. The van der Waals surface area contributed by atoms with Gasteiger partial charge in [0.05, 0.1) is 0 Å². The van der Waals surface area contributed by atoms with Gasteiger partial charge in [0.2, 0.25) is 0 Å². The maximum absolute atomic E-state index is 10.4. The lowest BCUT2D eigenvalue weighted by Gasteiger charge is -2.26. The molecule has 1 fully saturated rings. The molecule has 0 aromatic rings. The first-order valence-corrected chi connectivity index (χ1v) is 6.74. The van der Waals surface area contributed by atoms with Crippen LogP contribution in [0.2, 0.25) is 0 Å². The molecule has 14 heavy (non-hydrogen) atoms. The van der Waals surface area contributed by atoms with E-state index in [0.29, 0.717) is 12.5 Å². The van der Waals surface area contributed by atoms with Gasteiger partial charge in [-0.2, -0.15) is 8.42 Å². The van der Waals surface area contributed by atoms with E-state index in [9.17, 15) is 8.42 Å². The molecule has 0 aromatic heterocycles. The Labute approximate surface area is 85.8 Å².